The highest BCUT2D eigenvalue weighted by Crippen LogP contribution is 2.13. The minimum atomic E-state index is -0.435. The molecular weight excluding hydrogens is 240 g/mol. The first kappa shape index (κ1) is 15.5. The maximum Gasteiger partial charge on any atom is 0.237 e. The van der Waals surface area contributed by atoms with E-state index in [9.17, 15) is 4.79 Å². The maximum absolute atomic E-state index is 11.8. The zero-order chi connectivity index (χ0) is 14.3. The van der Waals surface area contributed by atoms with Gasteiger partial charge in [0.2, 0.25) is 5.91 Å². The van der Waals surface area contributed by atoms with Gasteiger partial charge in [-0.15, -0.1) is 0 Å². The Kier molecular flexibility index (Phi) is 6.36. The van der Waals surface area contributed by atoms with Crippen molar-refractivity contribution in [3.63, 3.8) is 0 Å². The van der Waals surface area contributed by atoms with Gasteiger partial charge in [0.1, 0.15) is 5.75 Å². The molecule has 0 radical (unpaired) electrons. The molecule has 19 heavy (non-hydrogen) atoms. The summed E-state index contributed by atoms with van der Waals surface area (Å²) in [5.41, 5.74) is 6.83. The summed E-state index contributed by atoms with van der Waals surface area (Å²) in [6.07, 6.45) is 0.699. The van der Waals surface area contributed by atoms with Gasteiger partial charge in [-0.1, -0.05) is 26.0 Å². The van der Waals surface area contributed by atoms with Crippen LogP contribution in [0.3, 0.4) is 0 Å². The quantitative estimate of drug-likeness (QED) is 0.792. The molecule has 1 aromatic carbocycles. The van der Waals surface area contributed by atoms with E-state index in [4.69, 9.17) is 10.5 Å². The van der Waals surface area contributed by atoms with Crippen LogP contribution in [0.2, 0.25) is 0 Å². The van der Waals surface area contributed by atoms with Gasteiger partial charge in [-0.2, -0.15) is 0 Å². The fourth-order valence-corrected chi connectivity index (χ4v) is 1.85. The largest absolute Gasteiger partial charge is 0.494 e. The van der Waals surface area contributed by atoms with E-state index in [1.54, 1.807) is 0 Å². The Hall–Kier alpha value is -1.55. The third kappa shape index (κ3) is 5.75. The third-order valence-electron chi connectivity index (χ3n) is 2.74. The highest BCUT2D eigenvalue weighted by molar-refractivity contribution is 5.81. The van der Waals surface area contributed by atoms with Gasteiger partial charge in [0.05, 0.1) is 12.6 Å². The fourth-order valence-electron chi connectivity index (χ4n) is 1.85. The number of nitrogens with two attached hydrogens (primary N) is 1. The highest BCUT2D eigenvalue weighted by atomic mass is 16.5. The van der Waals surface area contributed by atoms with E-state index < -0.39 is 6.04 Å². The normalized spacial score (nSPS) is 12.3. The first-order valence-electron chi connectivity index (χ1n) is 6.78. The zero-order valence-electron chi connectivity index (χ0n) is 12.0. The average Bonchev–Trinajstić information content (AvgIpc) is 2.36. The van der Waals surface area contributed by atoms with Crippen molar-refractivity contribution in [1.82, 2.24) is 5.32 Å². The topological polar surface area (TPSA) is 64.3 Å². The summed E-state index contributed by atoms with van der Waals surface area (Å²) in [4.78, 5) is 11.8. The maximum atomic E-state index is 11.8. The van der Waals surface area contributed by atoms with E-state index in [2.05, 4.69) is 19.2 Å². The molecule has 0 spiro atoms. The van der Waals surface area contributed by atoms with Crippen molar-refractivity contribution in [2.24, 2.45) is 11.7 Å². The Morgan fingerprint density at radius 2 is 2.16 bits per heavy atom. The molecule has 1 aromatic rings. The molecule has 1 atom stereocenters. The van der Waals surface area contributed by atoms with Crippen molar-refractivity contribution in [3.05, 3.63) is 29.8 Å². The van der Waals surface area contributed by atoms with Gasteiger partial charge >= 0.3 is 0 Å². The van der Waals surface area contributed by atoms with E-state index in [0.29, 0.717) is 25.5 Å². The Bertz CT molecular complexity index is 405. The molecule has 0 fully saturated rings. The van der Waals surface area contributed by atoms with Crippen LogP contribution in [-0.4, -0.2) is 18.6 Å². The van der Waals surface area contributed by atoms with Crippen molar-refractivity contribution in [1.29, 1.82) is 0 Å². The predicted octanol–water partition coefficient (Wildman–Crippen LogP) is 2.07. The van der Waals surface area contributed by atoms with Crippen molar-refractivity contribution in [2.45, 2.75) is 39.8 Å². The molecular formula is C15H24N2O2. The second-order valence-corrected chi connectivity index (χ2v) is 5.03. The number of hydrogen-bond donors (Lipinski definition) is 2. The van der Waals surface area contributed by atoms with E-state index in [-0.39, 0.29) is 5.91 Å². The average molecular weight is 264 g/mol. The molecule has 0 aliphatic carbocycles. The molecule has 0 aromatic heterocycles. The van der Waals surface area contributed by atoms with Gasteiger partial charge < -0.3 is 15.8 Å². The number of hydrogen-bond acceptors (Lipinski definition) is 3. The molecule has 3 N–H and O–H groups in total. The van der Waals surface area contributed by atoms with Crippen molar-refractivity contribution in [3.8, 4) is 5.75 Å². The lowest BCUT2D eigenvalue weighted by Crippen LogP contribution is -2.41. The molecule has 4 heteroatoms. The van der Waals surface area contributed by atoms with Gasteiger partial charge in [0.25, 0.3) is 0 Å². The summed E-state index contributed by atoms with van der Waals surface area (Å²) >= 11 is 0. The van der Waals surface area contributed by atoms with E-state index in [0.717, 1.165) is 11.3 Å². The summed E-state index contributed by atoms with van der Waals surface area (Å²) in [6, 6.07) is 7.27. The Balaban J connectivity index is 2.47. The summed E-state index contributed by atoms with van der Waals surface area (Å²) in [6.45, 7) is 7.16. The molecule has 106 valence electrons. The van der Waals surface area contributed by atoms with E-state index in [1.807, 2.05) is 31.2 Å². The summed E-state index contributed by atoms with van der Waals surface area (Å²) in [7, 11) is 0. The van der Waals surface area contributed by atoms with Crippen LogP contribution in [-0.2, 0) is 11.3 Å². The van der Waals surface area contributed by atoms with Gasteiger partial charge in [0, 0.05) is 6.54 Å². The highest BCUT2D eigenvalue weighted by Gasteiger charge is 2.14. The number of nitrogens with one attached hydrogen (secondary N) is 1. The van der Waals surface area contributed by atoms with Crippen LogP contribution in [0.15, 0.2) is 24.3 Å². The monoisotopic (exact) mass is 264 g/mol. The second kappa shape index (κ2) is 7.79. The first-order valence-corrected chi connectivity index (χ1v) is 6.78. The molecule has 1 rings (SSSR count). The van der Waals surface area contributed by atoms with Gasteiger partial charge in [0.15, 0.2) is 0 Å². The SMILES string of the molecule is CCOc1cccc(CNC(=O)[C@H](N)CC(C)C)c1. The molecule has 0 saturated heterocycles. The predicted molar refractivity (Wildman–Crippen MR) is 76.9 cm³/mol. The first-order chi connectivity index (χ1) is 9.02. The standard InChI is InChI=1S/C15H24N2O2/c1-4-19-13-7-5-6-12(9-13)10-17-15(18)14(16)8-11(2)3/h5-7,9,11,14H,4,8,10,16H2,1-3H3,(H,17,18)/t14-/m1/s1. The Labute approximate surface area is 115 Å². The zero-order valence-corrected chi connectivity index (χ0v) is 12.0. The minimum Gasteiger partial charge on any atom is -0.494 e. The van der Waals surface area contributed by atoms with Crippen LogP contribution in [0.1, 0.15) is 32.8 Å². The molecule has 1 amide bonds. The summed E-state index contributed by atoms with van der Waals surface area (Å²) in [5.74, 6) is 1.14. The number of rotatable bonds is 7. The number of carbonyl (C=O) groups excluding carboxylic acids is 1. The lowest BCUT2D eigenvalue weighted by Gasteiger charge is -2.14. The molecule has 0 unspecified atom stereocenters. The van der Waals surface area contributed by atoms with Crippen LogP contribution < -0.4 is 15.8 Å². The van der Waals surface area contributed by atoms with Gasteiger partial charge in [-0.3, -0.25) is 4.79 Å². The van der Waals surface area contributed by atoms with Crippen molar-refractivity contribution < 1.29 is 9.53 Å². The Morgan fingerprint density at radius 1 is 1.42 bits per heavy atom. The van der Waals surface area contributed by atoms with Gasteiger partial charge in [-0.05, 0) is 37.0 Å². The molecule has 0 heterocycles. The second-order valence-electron chi connectivity index (χ2n) is 5.03. The van der Waals surface area contributed by atoms with Crippen molar-refractivity contribution >= 4 is 5.91 Å². The van der Waals surface area contributed by atoms with Crippen LogP contribution in [0.5, 0.6) is 5.75 Å². The lowest BCUT2D eigenvalue weighted by molar-refractivity contribution is -0.122. The van der Waals surface area contributed by atoms with Crippen LogP contribution in [0.4, 0.5) is 0 Å². The molecule has 0 aliphatic rings. The van der Waals surface area contributed by atoms with Crippen LogP contribution in [0, 0.1) is 5.92 Å². The van der Waals surface area contributed by atoms with Crippen LogP contribution >= 0.6 is 0 Å². The number of amides is 1. The molecule has 0 bridgehead atoms. The number of carbonyl (C=O) groups is 1. The molecule has 0 aliphatic heterocycles. The summed E-state index contributed by atoms with van der Waals surface area (Å²) < 4.78 is 5.42. The smallest absolute Gasteiger partial charge is 0.237 e. The van der Waals surface area contributed by atoms with Gasteiger partial charge in [-0.25, -0.2) is 0 Å². The molecule has 4 nitrogen and oxygen atoms in total. The fraction of sp³-hybridized carbons (Fsp3) is 0.533. The third-order valence-corrected chi connectivity index (χ3v) is 2.74. The number of benzene rings is 1. The van der Waals surface area contributed by atoms with E-state index in [1.165, 1.54) is 0 Å². The minimum absolute atomic E-state index is 0.101. The Morgan fingerprint density at radius 3 is 2.79 bits per heavy atom. The lowest BCUT2D eigenvalue weighted by atomic mass is 10.0. The molecule has 0 saturated carbocycles. The van der Waals surface area contributed by atoms with E-state index >= 15 is 0 Å². The number of ether oxygens (including phenoxy) is 1. The summed E-state index contributed by atoms with van der Waals surface area (Å²) in [5, 5.41) is 2.85. The van der Waals surface area contributed by atoms with Crippen molar-refractivity contribution in [2.75, 3.05) is 6.61 Å². The van der Waals surface area contributed by atoms with Crippen LogP contribution in [0.25, 0.3) is 0 Å².